The number of carbonyl (C=O) groups is 1. The van der Waals surface area contributed by atoms with Crippen LogP contribution in [0.25, 0.3) is 0 Å². The third-order valence-corrected chi connectivity index (χ3v) is 5.29. The van der Waals surface area contributed by atoms with Crippen LogP contribution in [0.1, 0.15) is 60.9 Å². The van der Waals surface area contributed by atoms with Crippen LogP contribution in [0, 0.1) is 12.8 Å². The molecular weight excluding hydrogens is 314 g/mol. The van der Waals surface area contributed by atoms with Gasteiger partial charge in [0.15, 0.2) is 5.69 Å². The van der Waals surface area contributed by atoms with E-state index in [9.17, 15) is 4.79 Å². The lowest BCUT2D eigenvalue weighted by molar-refractivity contribution is 0.0780. The normalized spacial score (nSPS) is 17.6. The molecule has 0 saturated carbocycles. The van der Waals surface area contributed by atoms with Gasteiger partial charge in [-0.15, -0.1) is 0 Å². The highest BCUT2D eigenvalue weighted by atomic mass is 16.2. The van der Waals surface area contributed by atoms with E-state index in [1.807, 2.05) is 40.5 Å². The van der Waals surface area contributed by atoms with Crippen LogP contribution in [-0.4, -0.2) is 43.5 Å². The Morgan fingerprint density at radius 3 is 2.76 bits per heavy atom. The van der Waals surface area contributed by atoms with E-state index in [0.717, 1.165) is 44.5 Å². The van der Waals surface area contributed by atoms with E-state index >= 15 is 0 Å². The fourth-order valence-electron chi connectivity index (χ4n) is 3.85. The predicted octanol–water partition coefficient (Wildman–Crippen LogP) is 2.99. The lowest BCUT2D eigenvalue weighted by Gasteiger charge is -2.16. The Morgan fingerprint density at radius 2 is 2.12 bits per heavy atom. The highest BCUT2D eigenvalue weighted by Gasteiger charge is 2.29. The van der Waals surface area contributed by atoms with Crippen LogP contribution < -0.4 is 0 Å². The Balaban J connectivity index is 1.65. The van der Waals surface area contributed by atoms with Crippen LogP contribution in [0.5, 0.6) is 0 Å². The summed E-state index contributed by atoms with van der Waals surface area (Å²) in [6.45, 7) is 8.00. The second-order valence-corrected chi connectivity index (χ2v) is 7.22. The Hall–Kier alpha value is -2.11. The van der Waals surface area contributed by atoms with Crippen molar-refractivity contribution in [2.75, 3.05) is 13.1 Å². The quantitative estimate of drug-likeness (QED) is 0.810. The molecule has 0 aliphatic carbocycles. The molecule has 1 aliphatic heterocycles. The average molecular weight is 343 g/mol. The van der Waals surface area contributed by atoms with Gasteiger partial charge >= 0.3 is 0 Å². The molecular formula is C19H29N5O. The standard InChI is InChI=1S/C19H29N5O/c1-5-17(6-2)24-14(3)9-18(21-24)19(25)23-8-7-15(13-23)10-16-11-20-22(4)12-16/h9,11-12,15,17H,5-8,10,13H2,1-4H3. The zero-order chi connectivity index (χ0) is 18.0. The molecule has 0 spiro atoms. The van der Waals surface area contributed by atoms with Crippen molar-refractivity contribution in [3.05, 3.63) is 35.4 Å². The molecule has 3 heterocycles. The number of carbonyl (C=O) groups excluding carboxylic acids is 1. The third kappa shape index (κ3) is 3.78. The van der Waals surface area contributed by atoms with Gasteiger partial charge in [-0.05, 0) is 50.2 Å². The molecule has 0 aromatic carbocycles. The predicted molar refractivity (Wildman–Crippen MR) is 97.5 cm³/mol. The summed E-state index contributed by atoms with van der Waals surface area (Å²) < 4.78 is 3.86. The first kappa shape index (κ1) is 17.7. The maximum atomic E-state index is 12.8. The molecule has 1 atom stereocenters. The lowest BCUT2D eigenvalue weighted by atomic mass is 10.0. The minimum atomic E-state index is 0.0708. The van der Waals surface area contributed by atoms with E-state index in [1.165, 1.54) is 5.56 Å². The van der Waals surface area contributed by atoms with Crippen molar-refractivity contribution >= 4 is 5.91 Å². The van der Waals surface area contributed by atoms with E-state index in [1.54, 1.807) is 0 Å². The number of amides is 1. The molecule has 3 rings (SSSR count). The molecule has 0 N–H and O–H groups in total. The van der Waals surface area contributed by atoms with Crippen molar-refractivity contribution in [1.82, 2.24) is 24.5 Å². The van der Waals surface area contributed by atoms with Gasteiger partial charge in [0.05, 0.1) is 12.2 Å². The monoisotopic (exact) mass is 343 g/mol. The molecule has 6 heteroatoms. The summed E-state index contributed by atoms with van der Waals surface area (Å²) in [6, 6.07) is 2.31. The highest BCUT2D eigenvalue weighted by Crippen LogP contribution is 2.23. The first-order chi connectivity index (χ1) is 12.0. The topological polar surface area (TPSA) is 56.0 Å². The van der Waals surface area contributed by atoms with Gasteiger partial charge in [-0.2, -0.15) is 10.2 Å². The van der Waals surface area contributed by atoms with E-state index in [4.69, 9.17) is 0 Å². The SMILES string of the molecule is CCC(CC)n1nc(C(=O)N2CCC(Cc3cnn(C)c3)C2)cc1C. The first-order valence-corrected chi connectivity index (χ1v) is 9.34. The molecule has 1 aliphatic rings. The van der Waals surface area contributed by atoms with Gasteiger partial charge < -0.3 is 4.90 Å². The fourth-order valence-corrected chi connectivity index (χ4v) is 3.85. The smallest absolute Gasteiger partial charge is 0.274 e. The van der Waals surface area contributed by atoms with Gasteiger partial charge in [-0.1, -0.05) is 13.8 Å². The number of hydrogen-bond acceptors (Lipinski definition) is 3. The summed E-state index contributed by atoms with van der Waals surface area (Å²) in [5.41, 5.74) is 2.91. The molecule has 1 amide bonds. The van der Waals surface area contributed by atoms with Gasteiger partial charge in [-0.3, -0.25) is 14.2 Å². The number of nitrogens with zero attached hydrogens (tertiary/aromatic N) is 5. The van der Waals surface area contributed by atoms with Crippen molar-refractivity contribution in [3.8, 4) is 0 Å². The van der Waals surface area contributed by atoms with E-state index < -0.39 is 0 Å². The van der Waals surface area contributed by atoms with E-state index in [0.29, 0.717) is 17.7 Å². The Kier molecular flexibility index (Phi) is 5.25. The van der Waals surface area contributed by atoms with Crippen LogP contribution >= 0.6 is 0 Å². The van der Waals surface area contributed by atoms with Crippen LogP contribution in [0.4, 0.5) is 0 Å². The Bertz CT molecular complexity index is 728. The van der Waals surface area contributed by atoms with Gasteiger partial charge in [0.2, 0.25) is 0 Å². The van der Waals surface area contributed by atoms with Crippen molar-refractivity contribution in [2.24, 2.45) is 13.0 Å². The average Bonchev–Trinajstić information content (AvgIpc) is 3.30. The Morgan fingerprint density at radius 1 is 1.36 bits per heavy atom. The summed E-state index contributed by atoms with van der Waals surface area (Å²) in [5.74, 6) is 0.580. The number of likely N-dealkylation sites (tertiary alicyclic amines) is 1. The molecule has 1 fully saturated rings. The zero-order valence-corrected chi connectivity index (χ0v) is 15.8. The van der Waals surface area contributed by atoms with Crippen LogP contribution in [-0.2, 0) is 13.5 Å². The number of aromatic nitrogens is 4. The highest BCUT2D eigenvalue weighted by molar-refractivity contribution is 5.92. The van der Waals surface area contributed by atoms with E-state index in [2.05, 4.69) is 30.2 Å². The van der Waals surface area contributed by atoms with Crippen molar-refractivity contribution in [1.29, 1.82) is 0 Å². The van der Waals surface area contributed by atoms with E-state index in [-0.39, 0.29) is 5.91 Å². The molecule has 2 aromatic rings. The second-order valence-electron chi connectivity index (χ2n) is 7.22. The summed E-state index contributed by atoms with van der Waals surface area (Å²) in [6.07, 6.45) is 8.08. The van der Waals surface area contributed by atoms with Gasteiger partial charge in [0.1, 0.15) is 0 Å². The van der Waals surface area contributed by atoms with Crippen LogP contribution in [0.3, 0.4) is 0 Å². The molecule has 1 unspecified atom stereocenters. The lowest BCUT2D eigenvalue weighted by Crippen LogP contribution is -2.29. The molecule has 0 radical (unpaired) electrons. The Labute approximate surface area is 149 Å². The van der Waals surface area contributed by atoms with Gasteiger partial charge in [0, 0.05) is 32.0 Å². The maximum absolute atomic E-state index is 12.8. The number of hydrogen-bond donors (Lipinski definition) is 0. The van der Waals surface area contributed by atoms with Crippen molar-refractivity contribution in [2.45, 2.75) is 52.5 Å². The van der Waals surface area contributed by atoms with Gasteiger partial charge in [-0.25, -0.2) is 0 Å². The van der Waals surface area contributed by atoms with Gasteiger partial charge in [0.25, 0.3) is 5.91 Å². The first-order valence-electron chi connectivity index (χ1n) is 9.34. The summed E-state index contributed by atoms with van der Waals surface area (Å²) in [5, 5.41) is 8.85. The number of aryl methyl sites for hydroxylation is 2. The molecule has 1 saturated heterocycles. The van der Waals surface area contributed by atoms with Crippen LogP contribution in [0.2, 0.25) is 0 Å². The minimum absolute atomic E-state index is 0.0708. The zero-order valence-electron chi connectivity index (χ0n) is 15.8. The maximum Gasteiger partial charge on any atom is 0.274 e. The van der Waals surface area contributed by atoms with Crippen LogP contribution in [0.15, 0.2) is 18.5 Å². The molecule has 6 nitrogen and oxygen atoms in total. The number of rotatable bonds is 6. The largest absolute Gasteiger partial charge is 0.337 e. The third-order valence-electron chi connectivity index (χ3n) is 5.29. The minimum Gasteiger partial charge on any atom is -0.337 e. The molecule has 25 heavy (non-hydrogen) atoms. The summed E-state index contributed by atoms with van der Waals surface area (Å²) in [4.78, 5) is 14.8. The fraction of sp³-hybridized carbons (Fsp3) is 0.632. The van der Waals surface area contributed by atoms with Crippen molar-refractivity contribution < 1.29 is 4.79 Å². The second kappa shape index (κ2) is 7.42. The molecule has 136 valence electrons. The molecule has 0 bridgehead atoms. The summed E-state index contributed by atoms with van der Waals surface area (Å²) in [7, 11) is 1.94. The summed E-state index contributed by atoms with van der Waals surface area (Å²) >= 11 is 0. The van der Waals surface area contributed by atoms with Crippen molar-refractivity contribution in [3.63, 3.8) is 0 Å². The molecule has 2 aromatic heterocycles.